The fourth-order valence-electron chi connectivity index (χ4n) is 1.57. The smallest absolute Gasteiger partial charge is 0.337 e. The normalized spacial score (nSPS) is 11.5. The molecule has 6 heteroatoms. The van der Waals surface area contributed by atoms with Crippen LogP contribution in [0.4, 0.5) is 0 Å². The van der Waals surface area contributed by atoms with Crippen molar-refractivity contribution in [2.75, 3.05) is 7.11 Å². The number of ketones is 1. The first-order valence-electron chi connectivity index (χ1n) is 5.58. The van der Waals surface area contributed by atoms with Gasteiger partial charge in [-0.15, -0.1) is 0 Å². The van der Waals surface area contributed by atoms with Crippen LogP contribution in [0.1, 0.15) is 22.8 Å². The van der Waals surface area contributed by atoms with Crippen LogP contribution < -0.4 is 5.32 Å². The van der Waals surface area contributed by atoms with E-state index in [-0.39, 0.29) is 0 Å². The van der Waals surface area contributed by atoms with Gasteiger partial charge in [0.25, 0.3) is 0 Å². The van der Waals surface area contributed by atoms with Gasteiger partial charge in [-0.3, -0.25) is 14.5 Å². The van der Waals surface area contributed by atoms with Gasteiger partial charge in [0.1, 0.15) is 0 Å². The molecule has 0 aliphatic heterocycles. The summed E-state index contributed by atoms with van der Waals surface area (Å²) in [6.45, 7) is 2.94. The molecule has 0 aliphatic rings. The van der Waals surface area contributed by atoms with Crippen molar-refractivity contribution in [3.05, 3.63) is 35.4 Å². The molecule has 0 radical (unpaired) electrons. The molecule has 0 heterocycles. The third kappa shape index (κ3) is 3.89. The highest BCUT2D eigenvalue weighted by molar-refractivity contribution is 6.14. The summed E-state index contributed by atoms with van der Waals surface area (Å²) in [4.78, 5) is 43.5. The van der Waals surface area contributed by atoms with Crippen molar-refractivity contribution < 1.29 is 24.2 Å². The monoisotopic (exact) mass is 265 g/mol. The van der Waals surface area contributed by atoms with Crippen molar-refractivity contribution in [3.8, 4) is 0 Å². The molecule has 1 amide bonds. The minimum absolute atomic E-state index is 0.342. The van der Waals surface area contributed by atoms with Gasteiger partial charge in [-0.1, -0.05) is 24.3 Å². The molecular formula is C13H15NO5. The van der Waals surface area contributed by atoms with E-state index < -0.39 is 23.7 Å². The Bertz CT molecular complexity index is 498. The molecule has 19 heavy (non-hydrogen) atoms. The minimum atomic E-state index is -1.42. The summed E-state index contributed by atoms with van der Waals surface area (Å²) >= 11 is 0. The number of benzene rings is 1. The molecule has 0 saturated heterocycles. The summed E-state index contributed by atoms with van der Waals surface area (Å²) < 4.78 is 0. The number of hydrogen-bond acceptors (Lipinski definition) is 5. The highest BCUT2D eigenvalue weighted by atomic mass is 17.2. The van der Waals surface area contributed by atoms with Gasteiger partial charge in [0.15, 0.2) is 11.8 Å². The van der Waals surface area contributed by atoms with Crippen molar-refractivity contribution >= 4 is 17.7 Å². The lowest BCUT2D eigenvalue weighted by Crippen LogP contribution is -2.46. The van der Waals surface area contributed by atoms with Gasteiger partial charge >= 0.3 is 5.97 Å². The Labute approximate surface area is 110 Å². The Morgan fingerprint density at radius 2 is 1.84 bits per heavy atom. The Morgan fingerprint density at radius 1 is 1.21 bits per heavy atom. The number of carbonyl (C=O) groups is 3. The third-order valence-corrected chi connectivity index (χ3v) is 2.42. The molecule has 1 atom stereocenters. The average Bonchev–Trinajstić information content (AvgIpc) is 2.36. The number of amides is 1. The van der Waals surface area contributed by atoms with Crippen molar-refractivity contribution in [1.82, 2.24) is 5.32 Å². The second-order valence-electron chi connectivity index (χ2n) is 3.88. The van der Waals surface area contributed by atoms with Gasteiger partial charge in [-0.05, 0) is 12.5 Å². The van der Waals surface area contributed by atoms with E-state index in [9.17, 15) is 14.4 Å². The summed E-state index contributed by atoms with van der Waals surface area (Å²) in [6, 6.07) is 5.34. The molecule has 1 unspecified atom stereocenters. The van der Waals surface area contributed by atoms with Crippen molar-refractivity contribution in [2.24, 2.45) is 0 Å². The summed E-state index contributed by atoms with van der Waals surface area (Å²) in [6.07, 6.45) is 0. The van der Waals surface area contributed by atoms with E-state index in [0.717, 1.165) is 7.11 Å². The largest absolute Gasteiger partial charge is 0.372 e. The molecule has 0 aliphatic carbocycles. The van der Waals surface area contributed by atoms with E-state index in [4.69, 9.17) is 0 Å². The Balaban J connectivity index is 3.04. The van der Waals surface area contributed by atoms with E-state index >= 15 is 0 Å². The first-order chi connectivity index (χ1) is 8.97. The van der Waals surface area contributed by atoms with Crippen LogP contribution in [0, 0.1) is 6.92 Å². The lowest BCUT2D eigenvalue weighted by molar-refractivity contribution is -0.255. The number of rotatable bonds is 5. The quantitative estimate of drug-likeness (QED) is 0.368. The fourth-order valence-corrected chi connectivity index (χ4v) is 1.57. The zero-order chi connectivity index (χ0) is 14.4. The van der Waals surface area contributed by atoms with Crippen molar-refractivity contribution in [1.29, 1.82) is 0 Å². The number of carbonyl (C=O) groups excluding carboxylic acids is 3. The van der Waals surface area contributed by atoms with Gasteiger partial charge in [-0.2, -0.15) is 4.89 Å². The highest BCUT2D eigenvalue weighted by Crippen LogP contribution is 2.11. The van der Waals surface area contributed by atoms with E-state index in [1.165, 1.54) is 6.92 Å². The molecule has 0 fully saturated rings. The van der Waals surface area contributed by atoms with Crippen LogP contribution in [0.25, 0.3) is 0 Å². The maximum Gasteiger partial charge on any atom is 0.372 e. The molecule has 0 spiro atoms. The SMILES string of the molecule is COOC(=O)C(NC(C)=O)C(=O)c1ccccc1C. The topological polar surface area (TPSA) is 81.7 Å². The van der Waals surface area contributed by atoms with Crippen LogP contribution in [0.3, 0.4) is 0 Å². The minimum Gasteiger partial charge on any atom is -0.337 e. The zero-order valence-electron chi connectivity index (χ0n) is 10.9. The molecular weight excluding hydrogens is 250 g/mol. The first-order valence-corrected chi connectivity index (χ1v) is 5.58. The van der Waals surface area contributed by atoms with Crippen molar-refractivity contribution in [2.45, 2.75) is 19.9 Å². The Morgan fingerprint density at radius 3 is 2.37 bits per heavy atom. The van der Waals surface area contributed by atoms with Crippen LogP contribution in [-0.4, -0.2) is 30.8 Å². The van der Waals surface area contributed by atoms with Gasteiger partial charge in [0.05, 0.1) is 7.11 Å². The summed E-state index contributed by atoms with van der Waals surface area (Å²) in [5.41, 5.74) is 1.04. The van der Waals surface area contributed by atoms with E-state index in [2.05, 4.69) is 15.1 Å². The van der Waals surface area contributed by atoms with Crippen LogP contribution in [0.2, 0.25) is 0 Å². The average molecular weight is 265 g/mol. The zero-order valence-corrected chi connectivity index (χ0v) is 10.9. The number of hydrogen-bond donors (Lipinski definition) is 1. The molecule has 1 rings (SSSR count). The maximum atomic E-state index is 12.2. The van der Waals surface area contributed by atoms with Gasteiger partial charge < -0.3 is 5.32 Å². The summed E-state index contributed by atoms with van der Waals surface area (Å²) in [5.74, 6) is -2.03. The second-order valence-corrected chi connectivity index (χ2v) is 3.88. The summed E-state index contributed by atoms with van der Waals surface area (Å²) in [7, 11) is 1.14. The molecule has 6 nitrogen and oxygen atoms in total. The lowest BCUT2D eigenvalue weighted by atomic mass is 9.99. The van der Waals surface area contributed by atoms with Crippen LogP contribution in [0.15, 0.2) is 24.3 Å². The first kappa shape index (κ1) is 14.8. The Hall–Kier alpha value is -2.21. The maximum absolute atomic E-state index is 12.2. The lowest BCUT2D eigenvalue weighted by Gasteiger charge is -2.15. The predicted octanol–water partition coefficient (Wildman–Crippen LogP) is 0.787. The van der Waals surface area contributed by atoms with Gasteiger partial charge in [0, 0.05) is 12.5 Å². The van der Waals surface area contributed by atoms with Crippen LogP contribution in [-0.2, 0) is 19.4 Å². The van der Waals surface area contributed by atoms with Gasteiger partial charge in [-0.25, -0.2) is 4.79 Å². The standard InChI is InChI=1S/C13H15NO5/c1-8-6-4-5-7-10(8)12(16)11(14-9(2)15)13(17)19-18-3/h4-7,11H,1-3H3,(H,14,15). The number of aryl methyl sites for hydroxylation is 1. The van der Waals surface area contributed by atoms with E-state index in [1.54, 1.807) is 31.2 Å². The Kier molecular flexibility index (Phi) is 5.20. The molecule has 1 aromatic rings. The molecule has 0 bridgehead atoms. The number of Topliss-reactive ketones (excluding diaryl/α,β-unsaturated/α-hetero) is 1. The van der Waals surface area contributed by atoms with E-state index in [1.807, 2.05) is 0 Å². The molecule has 0 saturated carbocycles. The number of nitrogens with one attached hydrogen (secondary N) is 1. The predicted molar refractivity (Wildman–Crippen MR) is 66.2 cm³/mol. The molecule has 0 aromatic heterocycles. The highest BCUT2D eigenvalue weighted by Gasteiger charge is 2.31. The molecule has 102 valence electrons. The van der Waals surface area contributed by atoms with Crippen molar-refractivity contribution in [3.63, 3.8) is 0 Å². The molecule has 1 aromatic carbocycles. The summed E-state index contributed by atoms with van der Waals surface area (Å²) in [5, 5.41) is 2.25. The fraction of sp³-hybridized carbons (Fsp3) is 0.308. The van der Waals surface area contributed by atoms with Crippen LogP contribution >= 0.6 is 0 Å². The second kappa shape index (κ2) is 6.65. The van der Waals surface area contributed by atoms with Gasteiger partial charge in [0.2, 0.25) is 5.91 Å². The third-order valence-electron chi connectivity index (χ3n) is 2.42. The van der Waals surface area contributed by atoms with Crippen LogP contribution in [0.5, 0.6) is 0 Å². The molecule has 1 N–H and O–H groups in total. The van der Waals surface area contributed by atoms with E-state index in [0.29, 0.717) is 11.1 Å².